The molecular weight excluding hydrogens is 222 g/mol. The van der Waals surface area contributed by atoms with Crippen molar-refractivity contribution in [1.82, 2.24) is 9.80 Å². The number of piperidine rings is 1. The number of hydrogen-bond acceptors (Lipinski definition) is 3. The van der Waals surface area contributed by atoms with E-state index in [9.17, 15) is 0 Å². The zero-order valence-electron chi connectivity index (χ0n) is 12.9. The van der Waals surface area contributed by atoms with Crippen molar-refractivity contribution >= 4 is 0 Å². The molecule has 0 radical (unpaired) electrons. The Labute approximate surface area is 114 Å². The molecule has 0 aliphatic carbocycles. The zero-order valence-corrected chi connectivity index (χ0v) is 12.9. The van der Waals surface area contributed by atoms with Gasteiger partial charge in [0.25, 0.3) is 0 Å². The van der Waals surface area contributed by atoms with Gasteiger partial charge in [0.15, 0.2) is 0 Å². The molecule has 0 spiro atoms. The number of likely N-dealkylation sites (tertiary alicyclic amines) is 1. The molecule has 0 aromatic carbocycles. The van der Waals surface area contributed by atoms with Crippen LogP contribution in [0.3, 0.4) is 0 Å². The average molecular weight is 255 g/mol. The van der Waals surface area contributed by atoms with Gasteiger partial charge in [-0.1, -0.05) is 27.2 Å². The fraction of sp³-hybridized carbons (Fsp3) is 1.00. The lowest BCUT2D eigenvalue weighted by Crippen LogP contribution is -2.52. The minimum Gasteiger partial charge on any atom is -0.326 e. The normalized spacial score (nSPS) is 22.3. The number of nitrogens with two attached hydrogens (primary N) is 1. The van der Waals surface area contributed by atoms with Gasteiger partial charge in [-0.25, -0.2) is 0 Å². The SMILES string of the molecule is CCCC(N)C(CC)N(C)C1CCN(CC)CC1. The Kier molecular flexibility index (Phi) is 7.20. The summed E-state index contributed by atoms with van der Waals surface area (Å²) in [6, 6.07) is 1.64. The third-order valence-corrected chi connectivity index (χ3v) is 4.64. The molecule has 1 aliphatic heterocycles. The molecule has 3 nitrogen and oxygen atoms in total. The van der Waals surface area contributed by atoms with Gasteiger partial charge in [-0.15, -0.1) is 0 Å². The summed E-state index contributed by atoms with van der Waals surface area (Å²) >= 11 is 0. The van der Waals surface area contributed by atoms with Crippen molar-refractivity contribution in [1.29, 1.82) is 0 Å². The van der Waals surface area contributed by atoms with Crippen LogP contribution in [0.25, 0.3) is 0 Å². The second kappa shape index (κ2) is 8.13. The minimum atomic E-state index is 0.342. The van der Waals surface area contributed by atoms with Crippen molar-refractivity contribution in [2.75, 3.05) is 26.7 Å². The number of hydrogen-bond donors (Lipinski definition) is 1. The van der Waals surface area contributed by atoms with Crippen molar-refractivity contribution in [3.05, 3.63) is 0 Å². The van der Waals surface area contributed by atoms with Crippen LogP contribution in [-0.4, -0.2) is 54.6 Å². The predicted molar refractivity (Wildman–Crippen MR) is 79.9 cm³/mol. The lowest BCUT2D eigenvalue weighted by Gasteiger charge is -2.42. The van der Waals surface area contributed by atoms with E-state index in [1.54, 1.807) is 0 Å². The largest absolute Gasteiger partial charge is 0.326 e. The molecule has 1 rings (SSSR count). The first-order valence-electron chi connectivity index (χ1n) is 7.83. The van der Waals surface area contributed by atoms with Crippen LogP contribution in [-0.2, 0) is 0 Å². The van der Waals surface area contributed by atoms with Gasteiger partial charge in [0.05, 0.1) is 0 Å². The van der Waals surface area contributed by atoms with Crippen LogP contribution in [0, 0.1) is 0 Å². The highest BCUT2D eigenvalue weighted by Gasteiger charge is 2.28. The minimum absolute atomic E-state index is 0.342. The molecule has 0 amide bonds. The summed E-state index contributed by atoms with van der Waals surface area (Å²) in [5, 5.41) is 0. The summed E-state index contributed by atoms with van der Waals surface area (Å²) in [7, 11) is 2.29. The predicted octanol–water partition coefficient (Wildman–Crippen LogP) is 2.31. The highest BCUT2D eigenvalue weighted by molar-refractivity contribution is 4.86. The van der Waals surface area contributed by atoms with E-state index in [0.717, 1.165) is 12.5 Å². The van der Waals surface area contributed by atoms with E-state index in [0.29, 0.717) is 12.1 Å². The molecule has 0 aromatic rings. The van der Waals surface area contributed by atoms with E-state index in [2.05, 4.69) is 37.6 Å². The van der Waals surface area contributed by atoms with Crippen LogP contribution in [0.5, 0.6) is 0 Å². The molecule has 1 saturated heterocycles. The maximum absolute atomic E-state index is 6.35. The summed E-state index contributed by atoms with van der Waals surface area (Å²) in [5.41, 5.74) is 6.35. The van der Waals surface area contributed by atoms with Crippen molar-refractivity contribution in [3.63, 3.8) is 0 Å². The monoisotopic (exact) mass is 255 g/mol. The second-order valence-corrected chi connectivity index (χ2v) is 5.76. The third-order valence-electron chi connectivity index (χ3n) is 4.64. The molecule has 2 unspecified atom stereocenters. The maximum atomic E-state index is 6.35. The van der Waals surface area contributed by atoms with E-state index in [1.807, 2.05) is 0 Å². The van der Waals surface area contributed by atoms with Crippen LogP contribution >= 0.6 is 0 Å². The van der Waals surface area contributed by atoms with Gasteiger partial charge in [-0.3, -0.25) is 4.90 Å². The standard InChI is InChI=1S/C15H33N3/c1-5-8-14(16)15(6-2)17(4)13-9-11-18(7-3)12-10-13/h13-15H,5-12,16H2,1-4H3. The van der Waals surface area contributed by atoms with Gasteiger partial charge in [0.2, 0.25) is 0 Å². The van der Waals surface area contributed by atoms with E-state index in [1.165, 1.54) is 45.3 Å². The Morgan fingerprint density at radius 3 is 2.28 bits per heavy atom. The molecule has 1 aliphatic rings. The lowest BCUT2D eigenvalue weighted by molar-refractivity contribution is 0.0840. The summed E-state index contributed by atoms with van der Waals surface area (Å²) in [5.74, 6) is 0. The topological polar surface area (TPSA) is 32.5 Å². The van der Waals surface area contributed by atoms with Crippen molar-refractivity contribution in [2.45, 2.75) is 71.0 Å². The van der Waals surface area contributed by atoms with E-state index < -0.39 is 0 Å². The van der Waals surface area contributed by atoms with Gasteiger partial charge >= 0.3 is 0 Å². The molecule has 0 bridgehead atoms. The lowest BCUT2D eigenvalue weighted by atomic mass is 9.95. The first-order chi connectivity index (χ1) is 8.63. The van der Waals surface area contributed by atoms with Gasteiger partial charge in [-0.2, -0.15) is 0 Å². The quantitative estimate of drug-likeness (QED) is 0.758. The smallest absolute Gasteiger partial charge is 0.0244 e. The molecule has 0 aromatic heterocycles. The molecule has 2 N–H and O–H groups in total. The molecule has 0 saturated carbocycles. The van der Waals surface area contributed by atoms with Gasteiger partial charge in [-0.05, 0) is 52.4 Å². The first kappa shape index (κ1) is 15.9. The Balaban J connectivity index is 2.48. The van der Waals surface area contributed by atoms with E-state index >= 15 is 0 Å². The summed E-state index contributed by atoms with van der Waals surface area (Å²) < 4.78 is 0. The molecule has 2 atom stereocenters. The van der Waals surface area contributed by atoms with Crippen LogP contribution in [0.15, 0.2) is 0 Å². The van der Waals surface area contributed by atoms with Crippen molar-refractivity contribution in [3.8, 4) is 0 Å². The Hall–Kier alpha value is -0.120. The fourth-order valence-corrected chi connectivity index (χ4v) is 3.33. The van der Waals surface area contributed by atoms with Crippen LogP contribution in [0.4, 0.5) is 0 Å². The Bertz CT molecular complexity index is 212. The highest BCUT2D eigenvalue weighted by atomic mass is 15.2. The van der Waals surface area contributed by atoms with Crippen molar-refractivity contribution in [2.24, 2.45) is 5.73 Å². The van der Waals surface area contributed by atoms with Crippen molar-refractivity contribution < 1.29 is 0 Å². The second-order valence-electron chi connectivity index (χ2n) is 5.76. The first-order valence-corrected chi connectivity index (χ1v) is 7.83. The highest BCUT2D eigenvalue weighted by Crippen LogP contribution is 2.20. The maximum Gasteiger partial charge on any atom is 0.0244 e. The molecule has 1 heterocycles. The van der Waals surface area contributed by atoms with Gasteiger partial charge < -0.3 is 10.6 Å². The summed E-state index contributed by atoms with van der Waals surface area (Å²) in [4.78, 5) is 5.13. The molecular formula is C15H33N3. The average Bonchev–Trinajstić information content (AvgIpc) is 2.40. The zero-order chi connectivity index (χ0) is 13.5. The third kappa shape index (κ3) is 4.22. The number of rotatable bonds is 7. The van der Waals surface area contributed by atoms with Gasteiger partial charge in [0, 0.05) is 18.1 Å². The molecule has 18 heavy (non-hydrogen) atoms. The molecule has 3 heteroatoms. The fourth-order valence-electron chi connectivity index (χ4n) is 3.33. The Morgan fingerprint density at radius 2 is 1.83 bits per heavy atom. The van der Waals surface area contributed by atoms with Crippen LogP contribution < -0.4 is 5.73 Å². The van der Waals surface area contributed by atoms with Crippen LogP contribution in [0.1, 0.15) is 52.9 Å². The van der Waals surface area contributed by atoms with E-state index in [-0.39, 0.29) is 0 Å². The number of nitrogens with zero attached hydrogens (tertiary/aromatic N) is 2. The molecule has 108 valence electrons. The number of likely N-dealkylation sites (N-methyl/N-ethyl adjacent to an activating group) is 1. The summed E-state index contributed by atoms with van der Waals surface area (Å²) in [6.07, 6.45) is 6.13. The van der Waals surface area contributed by atoms with E-state index in [4.69, 9.17) is 5.73 Å². The Morgan fingerprint density at radius 1 is 1.22 bits per heavy atom. The summed E-state index contributed by atoms with van der Waals surface area (Å²) in [6.45, 7) is 10.5. The van der Waals surface area contributed by atoms with Crippen LogP contribution in [0.2, 0.25) is 0 Å². The van der Waals surface area contributed by atoms with Gasteiger partial charge in [0.1, 0.15) is 0 Å². The molecule has 1 fully saturated rings.